The summed E-state index contributed by atoms with van der Waals surface area (Å²) < 4.78 is 0. The maximum absolute atomic E-state index is 12.3. The van der Waals surface area contributed by atoms with Crippen molar-refractivity contribution in [1.82, 2.24) is 15.3 Å². The van der Waals surface area contributed by atoms with Crippen molar-refractivity contribution in [1.29, 1.82) is 0 Å². The molecule has 2 heterocycles. The topological polar surface area (TPSA) is 95.2 Å². The Kier molecular flexibility index (Phi) is 4.28. The van der Waals surface area contributed by atoms with Crippen molar-refractivity contribution < 1.29 is 9.59 Å². The Hall–Kier alpha value is -2.96. The number of amides is 2. The Morgan fingerprint density at radius 3 is 2.69 bits per heavy atom. The Balaban J connectivity index is 1.36. The molecule has 1 aromatic heterocycles. The standard InChI is InChI=1S/C19H20N4O3/c24-16-8-12(11-23(16)14-4-2-1-3-5-14)9-21-18(25)15-10-20-17(13-6-7-13)22-19(15)26/h1-5,10,12-13H,6-9,11H2,(H,21,25)(H,20,22,26)/t12-/m0/s1. The predicted molar refractivity (Wildman–Crippen MR) is 96.1 cm³/mol. The van der Waals surface area contributed by atoms with Gasteiger partial charge in [0.1, 0.15) is 11.4 Å². The fourth-order valence-electron chi connectivity index (χ4n) is 3.24. The lowest BCUT2D eigenvalue weighted by Crippen LogP contribution is -2.34. The minimum Gasteiger partial charge on any atom is -0.351 e. The molecule has 1 saturated heterocycles. The maximum atomic E-state index is 12.3. The van der Waals surface area contributed by atoms with Crippen LogP contribution in [-0.2, 0) is 4.79 Å². The van der Waals surface area contributed by atoms with Crippen molar-refractivity contribution in [3.8, 4) is 0 Å². The van der Waals surface area contributed by atoms with Crippen molar-refractivity contribution in [2.75, 3.05) is 18.0 Å². The molecule has 26 heavy (non-hydrogen) atoms. The number of rotatable bonds is 5. The molecular formula is C19H20N4O3. The molecule has 0 radical (unpaired) electrons. The van der Waals surface area contributed by atoms with E-state index in [4.69, 9.17) is 0 Å². The minimum atomic E-state index is -0.452. The van der Waals surface area contributed by atoms with Crippen LogP contribution in [0.2, 0.25) is 0 Å². The summed E-state index contributed by atoms with van der Waals surface area (Å²) >= 11 is 0. The van der Waals surface area contributed by atoms with E-state index in [1.54, 1.807) is 4.90 Å². The molecule has 0 spiro atoms. The highest BCUT2D eigenvalue weighted by molar-refractivity contribution is 5.96. The van der Waals surface area contributed by atoms with Crippen LogP contribution in [0.5, 0.6) is 0 Å². The minimum absolute atomic E-state index is 0.0126. The molecule has 1 aliphatic carbocycles. The van der Waals surface area contributed by atoms with E-state index in [-0.39, 0.29) is 17.4 Å². The van der Waals surface area contributed by atoms with Gasteiger partial charge in [0.2, 0.25) is 5.91 Å². The zero-order valence-electron chi connectivity index (χ0n) is 14.3. The molecule has 1 aliphatic heterocycles. The van der Waals surface area contributed by atoms with Gasteiger partial charge in [0.25, 0.3) is 11.5 Å². The van der Waals surface area contributed by atoms with Crippen LogP contribution in [0.15, 0.2) is 41.3 Å². The Bertz CT molecular complexity index is 889. The second-order valence-electron chi connectivity index (χ2n) is 6.91. The number of carbonyl (C=O) groups is 2. The molecule has 2 fully saturated rings. The average molecular weight is 352 g/mol. The summed E-state index contributed by atoms with van der Waals surface area (Å²) in [5.41, 5.74) is 0.467. The van der Waals surface area contributed by atoms with Gasteiger partial charge in [-0.1, -0.05) is 18.2 Å². The van der Waals surface area contributed by atoms with E-state index in [0.29, 0.717) is 31.3 Å². The van der Waals surface area contributed by atoms with Crippen molar-refractivity contribution >= 4 is 17.5 Å². The number of benzene rings is 1. The second-order valence-corrected chi connectivity index (χ2v) is 6.91. The number of anilines is 1. The molecule has 0 bridgehead atoms. The average Bonchev–Trinajstić information content (AvgIpc) is 3.43. The predicted octanol–water partition coefficient (Wildman–Crippen LogP) is 1.43. The molecule has 2 amide bonds. The van der Waals surface area contributed by atoms with Gasteiger partial charge in [0.15, 0.2) is 0 Å². The fraction of sp³-hybridized carbons (Fsp3) is 0.368. The molecule has 7 nitrogen and oxygen atoms in total. The lowest BCUT2D eigenvalue weighted by Gasteiger charge is -2.16. The van der Waals surface area contributed by atoms with Gasteiger partial charge in [0.05, 0.1) is 0 Å². The van der Waals surface area contributed by atoms with Crippen molar-refractivity contribution in [2.45, 2.75) is 25.2 Å². The summed E-state index contributed by atoms with van der Waals surface area (Å²) in [7, 11) is 0. The van der Waals surface area contributed by atoms with Crippen LogP contribution < -0.4 is 15.8 Å². The van der Waals surface area contributed by atoms with Gasteiger partial charge in [-0.3, -0.25) is 14.4 Å². The van der Waals surface area contributed by atoms with E-state index in [1.165, 1.54) is 6.20 Å². The van der Waals surface area contributed by atoms with Crippen LogP contribution in [0.25, 0.3) is 0 Å². The summed E-state index contributed by atoms with van der Waals surface area (Å²) in [4.78, 5) is 45.2. The van der Waals surface area contributed by atoms with Crippen LogP contribution in [0.1, 0.15) is 41.4 Å². The zero-order valence-corrected chi connectivity index (χ0v) is 14.3. The molecule has 4 rings (SSSR count). The smallest absolute Gasteiger partial charge is 0.263 e. The molecule has 1 saturated carbocycles. The summed E-state index contributed by atoms with van der Waals surface area (Å²) in [5, 5.41) is 2.76. The lowest BCUT2D eigenvalue weighted by atomic mass is 10.1. The second kappa shape index (κ2) is 6.74. The van der Waals surface area contributed by atoms with E-state index in [2.05, 4.69) is 15.3 Å². The first-order valence-corrected chi connectivity index (χ1v) is 8.84. The number of aromatic nitrogens is 2. The number of aromatic amines is 1. The summed E-state index contributed by atoms with van der Waals surface area (Å²) in [5.74, 6) is 0.597. The van der Waals surface area contributed by atoms with Gasteiger partial charge in [-0.15, -0.1) is 0 Å². The molecule has 1 atom stereocenters. The van der Waals surface area contributed by atoms with Crippen LogP contribution in [0.4, 0.5) is 5.69 Å². The highest BCUT2D eigenvalue weighted by Gasteiger charge is 2.31. The van der Waals surface area contributed by atoms with Gasteiger partial charge in [0, 0.05) is 43.2 Å². The highest BCUT2D eigenvalue weighted by atomic mass is 16.2. The van der Waals surface area contributed by atoms with Crippen molar-refractivity contribution in [3.05, 3.63) is 58.3 Å². The molecular weight excluding hydrogens is 332 g/mol. The SMILES string of the molecule is O=C(NC[C@@H]1CC(=O)N(c2ccccc2)C1)c1cnc(C2CC2)[nH]c1=O. The molecule has 0 unspecified atom stereocenters. The van der Waals surface area contributed by atoms with Gasteiger partial charge in [-0.2, -0.15) is 0 Å². The van der Waals surface area contributed by atoms with Crippen LogP contribution in [0, 0.1) is 5.92 Å². The van der Waals surface area contributed by atoms with E-state index < -0.39 is 11.5 Å². The normalized spacial score (nSPS) is 19.6. The largest absolute Gasteiger partial charge is 0.351 e. The third-order valence-electron chi connectivity index (χ3n) is 4.85. The van der Waals surface area contributed by atoms with Gasteiger partial charge in [-0.05, 0) is 25.0 Å². The van der Waals surface area contributed by atoms with Crippen molar-refractivity contribution in [2.24, 2.45) is 5.92 Å². The van der Waals surface area contributed by atoms with Gasteiger partial charge >= 0.3 is 0 Å². The van der Waals surface area contributed by atoms with Crippen LogP contribution in [0.3, 0.4) is 0 Å². The van der Waals surface area contributed by atoms with Crippen molar-refractivity contribution in [3.63, 3.8) is 0 Å². The van der Waals surface area contributed by atoms with Gasteiger partial charge in [-0.25, -0.2) is 4.98 Å². The number of nitrogens with one attached hydrogen (secondary N) is 2. The number of carbonyl (C=O) groups excluding carboxylic acids is 2. The Labute approximate surface area is 150 Å². The molecule has 2 aromatic rings. The highest BCUT2D eigenvalue weighted by Crippen LogP contribution is 2.37. The molecule has 2 aliphatic rings. The third kappa shape index (κ3) is 3.37. The monoisotopic (exact) mass is 352 g/mol. The fourth-order valence-corrected chi connectivity index (χ4v) is 3.24. The van der Waals surface area contributed by atoms with E-state index >= 15 is 0 Å². The first-order valence-electron chi connectivity index (χ1n) is 8.84. The first kappa shape index (κ1) is 16.5. The first-order chi connectivity index (χ1) is 12.6. The van der Waals surface area contributed by atoms with Gasteiger partial charge < -0.3 is 15.2 Å². The number of H-pyrrole nitrogens is 1. The van der Waals surface area contributed by atoms with Crippen LogP contribution >= 0.6 is 0 Å². The van der Waals surface area contributed by atoms with E-state index in [1.807, 2.05) is 30.3 Å². The summed E-state index contributed by atoms with van der Waals surface area (Å²) in [6.45, 7) is 0.899. The maximum Gasteiger partial charge on any atom is 0.263 e. The molecule has 1 aromatic carbocycles. The molecule has 2 N–H and O–H groups in total. The number of nitrogens with zero attached hydrogens (tertiary/aromatic N) is 2. The van der Waals surface area contributed by atoms with E-state index in [9.17, 15) is 14.4 Å². The quantitative estimate of drug-likeness (QED) is 0.851. The molecule has 7 heteroatoms. The number of para-hydroxylation sites is 1. The number of hydrogen-bond donors (Lipinski definition) is 2. The Morgan fingerprint density at radius 2 is 2.00 bits per heavy atom. The number of hydrogen-bond acceptors (Lipinski definition) is 4. The lowest BCUT2D eigenvalue weighted by molar-refractivity contribution is -0.117. The van der Waals surface area contributed by atoms with E-state index in [0.717, 1.165) is 18.5 Å². The summed E-state index contributed by atoms with van der Waals surface area (Å²) in [6, 6.07) is 9.48. The molecule has 134 valence electrons. The summed E-state index contributed by atoms with van der Waals surface area (Å²) in [6.07, 6.45) is 3.78. The Morgan fingerprint density at radius 1 is 1.23 bits per heavy atom. The van der Waals surface area contributed by atoms with Crippen LogP contribution in [-0.4, -0.2) is 34.9 Å². The zero-order chi connectivity index (χ0) is 18.1. The third-order valence-corrected chi connectivity index (χ3v) is 4.85.